The normalized spacial score (nSPS) is 15.5. The molecule has 3 aromatic rings. The first kappa shape index (κ1) is 21.1. The molecule has 32 heavy (non-hydrogen) atoms. The summed E-state index contributed by atoms with van der Waals surface area (Å²) in [5, 5.41) is 4.11. The third kappa shape index (κ3) is 3.80. The Morgan fingerprint density at radius 2 is 1.91 bits per heavy atom. The fourth-order valence-corrected chi connectivity index (χ4v) is 5.42. The van der Waals surface area contributed by atoms with Crippen LogP contribution in [0.2, 0.25) is 0 Å². The quantitative estimate of drug-likeness (QED) is 0.575. The van der Waals surface area contributed by atoms with Gasteiger partial charge in [-0.3, -0.25) is 10.2 Å². The SMILES string of the molecule is COc1cc2c(cc1OC(C)C)-c1c(-c3cccs3)cc(C(=O)NN3CCCC3)n1CC2. The second-order valence-electron chi connectivity index (χ2n) is 8.63. The first-order valence-corrected chi connectivity index (χ1v) is 12.1. The van der Waals surface area contributed by atoms with Crippen molar-refractivity contribution in [3.05, 3.63) is 47.0 Å². The largest absolute Gasteiger partial charge is 0.493 e. The predicted octanol–water partition coefficient (Wildman–Crippen LogP) is 4.98. The summed E-state index contributed by atoms with van der Waals surface area (Å²) in [7, 11) is 1.68. The average molecular weight is 452 g/mol. The van der Waals surface area contributed by atoms with Gasteiger partial charge in [-0.05, 0) is 68.3 Å². The molecule has 0 saturated carbocycles. The van der Waals surface area contributed by atoms with E-state index in [4.69, 9.17) is 9.47 Å². The maximum Gasteiger partial charge on any atom is 0.282 e. The number of nitrogens with zero attached hydrogens (tertiary/aromatic N) is 2. The molecule has 7 heteroatoms. The summed E-state index contributed by atoms with van der Waals surface area (Å²) in [6.07, 6.45) is 3.13. The van der Waals surface area contributed by atoms with Crippen LogP contribution in [0.1, 0.15) is 42.7 Å². The molecule has 4 heterocycles. The van der Waals surface area contributed by atoms with E-state index in [1.165, 1.54) is 5.56 Å². The third-order valence-electron chi connectivity index (χ3n) is 6.09. The first-order valence-electron chi connectivity index (χ1n) is 11.3. The molecule has 0 unspecified atom stereocenters. The van der Waals surface area contributed by atoms with Crippen LogP contribution in [0.15, 0.2) is 35.7 Å². The van der Waals surface area contributed by atoms with Crippen molar-refractivity contribution in [3.63, 3.8) is 0 Å². The van der Waals surface area contributed by atoms with Crippen molar-refractivity contribution < 1.29 is 14.3 Å². The minimum atomic E-state index is -0.0356. The number of benzene rings is 1. The van der Waals surface area contributed by atoms with E-state index in [9.17, 15) is 4.79 Å². The Bertz CT molecular complexity index is 1130. The number of carbonyl (C=O) groups is 1. The van der Waals surface area contributed by atoms with Crippen LogP contribution in [0.4, 0.5) is 0 Å². The number of fused-ring (bicyclic) bond motifs is 3. The zero-order valence-electron chi connectivity index (χ0n) is 18.8. The van der Waals surface area contributed by atoms with Crippen molar-refractivity contribution >= 4 is 17.2 Å². The molecule has 168 valence electrons. The zero-order chi connectivity index (χ0) is 22.2. The van der Waals surface area contributed by atoms with E-state index in [2.05, 4.69) is 45.7 Å². The topological polar surface area (TPSA) is 55.7 Å². The van der Waals surface area contributed by atoms with Crippen molar-refractivity contribution in [1.29, 1.82) is 0 Å². The van der Waals surface area contributed by atoms with Crippen LogP contribution in [0, 0.1) is 0 Å². The van der Waals surface area contributed by atoms with Crippen LogP contribution in [0.5, 0.6) is 11.5 Å². The number of methoxy groups -OCH3 is 1. The summed E-state index contributed by atoms with van der Waals surface area (Å²) in [5.74, 6) is 1.45. The number of ether oxygens (including phenoxy) is 2. The summed E-state index contributed by atoms with van der Waals surface area (Å²) in [4.78, 5) is 14.4. The Morgan fingerprint density at radius 3 is 2.59 bits per heavy atom. The minimum Gasteiger partial charge on any atom is -0.493 e. The molecule has 2 aliphatic heterocycles. The number of hydrazine groups is 1. The number of hydrogen-bond donors (Lipinski definition) is 1. The number of aromatic nitrogens is 1. The lowest BCUT2D eigenvalue weighted by atomic mass is 9.95. The molecule has 2 aromatic heterocycles. The maximum atomic E-state index is 13.3. The molecule has 1 fully saturated rings. The lowest BCUT2D eigenvalue weighted by Crippen LogP contribution is -2.41. The molecule has 0 spiro atoms. The van der Waals surface area contributed by atoms with Crippen LogP contribution in [0.25, 0.3) is 21.7 Å². The second-order valence-corrected chi connectivity index (χ2v) is 9.58. The number of hydrogen-bond acceptors (Lipinski definition) is 5. The van der Waals surface area contributed by atoms with E-state index in [1.807, 2.05) is 18.9 Å². The van der Waals surface area contributed by atoms with Gasteiger partial charge in [0.1, 0.15) is 5.69 Å². The van der Waals surface area contributed by atoms with Gasteiger partial charge in [-0.1, -0.05) is 6.07 Å². The van der Waals surface area contributed by atoms with Gasteiger partial charge in [-0.2, -0.15) is 0 Å². The Balaban J connectivity index is 1.64. The van der Waals surface area contributed by atoms with Gasteiger partial charge in [0, 0.05) is 35.6 Å². The fraction of sp³-hybridized carbons (Fsp3) is 0.400. The van der Waals surface area contributed by atoms with Crippen molar-refractivity contribution in [2.75, 3.05) is 20.2 Å². The van der Waals surface area contributed by atoms with Gasteiger partial charge in [0.25, 0.3) is 5.91 Å². The van der Waals surface area contributed by atoms with Crippen LogP contribution in [0.3, 0.4) is 0 Å². The summed E-state index contributed by atoms with van der Waals surface area (Å²) < 4.78 is 13.9. The summed E-state index contributed by atoms with van der Waals surface area (Å²) in [5.41, 5.74) is 8.32. The van der Waals surface area contributed by atoms with Crippen molar-refractivity contribution in [3.8, 4) is 33.2 Å². The van der Waals surface area contributed by atoms with Crippen LogP contribution in [-0.2, 0) is 13.0 Å². The Hall–Kier alpha value is -2.77. The Morgan fingerprint density at radius 1 is 1.09 bits per heavy atom. The van der Waals surface area contributed by atoms with Crippen molar-refractivity contribution in [2.45, 2.75) is 45.8 Å². The van der Waals surface area contributed by atoms with Crippen LogP contribution < -0.4 is 14.9 Å². The fourth-order valence-electron chi connectivity index (χ4n) is 4.68. The molecule has 0 aliphatic carbocycles. The minimum absolute atomic E-state index is 0.0356. The van der Waals surface area contributed by atoms with Gasteiger partial charge in [0.15, 0.2) is 11.5 Å². The highest BCUT2D eigenvalue weighted by molar-refractivity contribution is 7.13. The molecular weight excluding hydrogens is 422 g/mol. The highest BCUT2D eigenvalue weighted by atomic mass is 32.1. The average Bonchev–Trinajstić information content (AvgIpc) is 3.53. The Kier molecular flexibility index (Phi) is 5.69. The summed E-state index contributed by atoms with van der Waals surface area (Å²) in [6.45, 7) is 6.61. The van der Waals surface area contributed by atoms with Gasteiger partial charge < -0.3 is 14.0 Å². The van der Waals surface area contributed by atoms with E-state index in [-0.39, 0.29) is 12.0 Å². The molecule has 1 aromatic carbocycles. The molecule has 6 nitrogen and oxygen atoms in total. The van der Waals surface area contributed by atoms with E-state index in [0.29, 0.717) is 5.69 Å². The number of aryl methyl sites for hydroxylation is 1. The standard InChI is InChI=1S/C25H29N3O3S/c1-16(2)31-22-15-18-17(13-21(22)30-3)8-11-28-20(25(29)26-27-9-4-5-10-27)14-19(24(18)28)23-7-6-12-32-23/h6-7,12-16H,4-5,8-11H2,1-3H3,(H,26,29). The van der Waals surface area contributed by atoms with Gasteiger partial charge in [0.05, 0.1) is 18.9 Å². The van der Waals surface area contributed by atoms with E-state index >= 15 is 0 Å². The lowest BCUT2D eigenvalue weighted by Gasteiger charge is -2.25. The zero-order valence-corrected chi connectivity index (χ0v) is 19.6. The third-order valence-corrected chi connectivity index (χ3v) is 7.00. The second kappa shape index (κ2) is 8.64. The van der Waals surface area contributed by atoms with Crippen molar-refractivity contribution in [1.82, 2.24) is 15.0 Å². The summed E-state index contributed by atoms with van der Waals surface area (Å²) in [6, 6.07) is 10.4. The number of amides is 1. The first-order chi connectivity index (χ1) is 15.5. The van der Waals surface area contributed by atoms with Gasteiger partial charge in [0.2, 0.25) is 0 Å². The molecule has 2 aliphatic rings. The lowest BCUT2D eigenvalue weighted by molar-refractivity contribution is 0.0816. The molecule has 1 N–H and O–H groups in total. The predicted molar refractivity (Wildman–Crippen MR) is 127 cm³/mol. The summed E-state index contributed by atoms with van der Waals surface area (Å²) >= 11 is 1.69. The highest BCUT2D eigenvalue weighted by Crippen LogP contribution is 2.45. The molecule has 1 amide bonds. The van der Waals surface area contributed by atoms with Crippen molar-refractivity contribution in [2.24, 2.45) is 0 Å². The number of nitrogens with one attached hydrogen (secondary N) is 1. The van der Waals surface area contributed by atoms with E-state index in [1.54, 1.807) is 18.4 Å². The molecule has 0 bridgehead atoms. The van der Waals surface area contributed by atoms with Crippen LogP contribution in [-0.4, -0.2) is 41.8 Å². The number of carbonyl (C=O) groups excluding carboxylic acids is 1. The number of thiophene rings is 1. The molecule has 0 radical (unpaired) electrons. The highest BCUT2D eigenvalue weighted by Gasteiger charge is 2.29. The maximum absolute atomic E-state index is 13.3. The Labute approximate surface area is 192 Å². The monoisotopic (exact) mass is 451 g/mol. The van der Waals surface area contributed by atoms with Crippen LogP contribution >= 0.6 is 11.3 Å². The molecular formula is C25H29N3O3S. The van der Waals surface area contributed by atoms with E-state index in [0.717, 1.165) is 72.1 Å². The van der Waals surface area contributed by atoms with E-state index < -0.39 is 0 Å². The molecule has 1 saturated heterocycles. The smallest absolute Gasteiger partial charge is 0.282 e. The van der Waals surface area contributed by atoms with Gasteiger partial charge >= 0.3 is 0 Å². The number of rotatable bonds is 6. The molecule has 5 rings (SSSR count). The van der Waals surface area contributed by atoms with Gasteiger partial charge in [-0.15, -0.1) is 11.3 Å². The van der Waals surface area contributed by atoms with Gasteiger partial charge in [-0.25, -0.2) is 5.01 Å². The molecule has 0 atom stereocenters.